The van der Waals surface area contributed by atoms with E-state index in [-0.39, 0.29) is 0 Å². The Labute approximate surface area is 139 Å². The van der Waals surface area contributed by atoms with Gasteiger partial charge in [0.05, 0.1) is 28.5 Å². The summed E-state index contributed by atoms with van der Waals surface area (Å²) in [7, 11) is 0. The van der Waals surface area contributed by atoms with Crippen LogP contribution in [0.25, 0.3) is 33.3 Å². The Hall–Kier alpha value is -2.53. The lowest BCUT2D eigenvalue weighted by Gasteiger charge is -2.04. The van der Waals surface area contributed by atoms with E-state index in [0.29, 0.717) is 16.8 Å². The molecule has 0 amide bonds. The van der Waals surface area contributed by atoms with Crippen molar-refractivity contribution in [2.45, 2.75) is 6.92 Å². The number of benzene rings is 2. The monoisotopic (exact) mass is 366 g/mol. The molecule has 0 bridgehead atoms. The van der Waals surface area contributed by atoms with E-state index in [1.54, 1.807) is 18.3 Å². The summed E-state index contributed by atoms with van der Waals surface area (Å²) in [5, 5.41) is 0.833. The Morgan fingerprint density at radius 3 is 2.78 bits per heavy atom. The van der Waals surface area contributed by atoms with Crippen molar-refractivity contribution in [3.05, 3.63) is 69.1 Å². The second-order valence-corrected chi connectivity index (χ2v) is 6.29. The normalized spacial score (nSPS) is 11.2. The standard InChI is InChI=1S/C18H11BrN2O2/c1-10-2-4-14-15(6-10)20-9-16(21-14)13-8-11-7-12(19)3-5-17(11)23-18(13)22/h2-9H,1H3. The lowest BCUT2D eigenvalue weighted by molar-refractivity contribution is 0.563. The van der Waals surface area contributed by atoms with Crippen molar-refractivity contribution in [1.82, 2.24) is 9.97 Å². The van der Waals surface area contributed by atoms with E-state index in [4.69, 9.17) is 4.42 Å². The van der Waals surface area contributed by atoms with Gasteiger partial charge in [0.1, 0.15) is 5.58 Å². The summed E-state index contributed by atoms with van der Waals surface area (Å²) in [5.41, 5.74) is 3.73. The third kappa shape index (κ3) is 2.53. The molecular formula is C18H11BrN2O2. The number of aryl methyl sites for hydroxylation is 1. The molecule has 2 heterocycles. The van der Waals surface area contributed by atoms with Crippen molar-refractivity contribution < 1.29 is 4.42 Å². The molecule has 0 aliphatic heterocycles. The van der Waals surface area contributed by atoms with E-state index in [1.807, 2.05) is 37.3 Å². The highest BCUT2D eigenvalue weighted by atomic mass is 79.9. The molecule has 0 atom stereocenters. The van der Waals surface area contributed by atoms with Crippen LogP contribution in [0.2, 0.25) is 0 Å². The van der Waals surface area contributed by atoms with E-state index in [9.17, 15) is 4.79 Å². The number of halogens is 1. The lowest BCUT2D eigenvalue weighted by Crippen LogP contribution is -2.04. The molecule has 4 nitrogen and oxygen atoms in total. The minimum absolute atomic E-state index is 0.408. The molecule has 0 spiro atoms. The van der Waals surface area contributed by atoms with E-state index in [1.165, 1.54) is 0 Å². The van der Waals surface area contributed by atoms with E-state index >= 15 is 0 Å². The molecule has 4 rings (SSSR count). The van der Waals surface area contributed by atoms with Gasteiger partial charge in [-0.05, 0) is 48.9 Å². The second kappa shape index (κ2) is 5.28. The second-order valence-electron chi connectivity index (χ2n) is 5.38. The van der Waals surface area contributed by atoms with Gasteiger partial charge in [0, 0.05) is 9.86 Å². The predicted octanol–water partition coefficient (Wildman–Crippen LogP) is 4.47. The molecule has 0 aliphatic rings. The summed E-state index contributed by atoms with van der Waals surface area (Å²) in [6.07, 6.45) is 1.61. The molecule has 2 aromatic heterocycles. The zero-order valence-electron chi connectivity index (χ0n) is 12.2. The first-order chi connectivity index (χ1) is 11.1. The van der Waals surface area contributed by atoms with Gasteiger partial charge in [-0.3, -0.25) is 4.98 Å². The molecule has 0 unspecified atom stereocenters. The van der Waals surface area contributed by atoms with Crippen LogP contribution in [0.15, 0.2) is 62.3 Å². The van der Waals surface area contributed by atoms with Gasteiger partial charge in [-0.25, -0.2) is 9.78 Å². The smallest absolute Gasteiger partial charge is 0.345 e. The quantitative estimate of drug-likeness (QED) is 0.466. The highest BCUT2D eigenvalue weighted by Crippen LogP contribution is 2.23. The van der Waals surface area contributed by atoms with Crippen molar-refractivity contribution in [1.29, 1.82) is 0 Å². The molecule has 23 heavy (non-hydrogen) atoms. The number of hydrogen-bond donors (Lipinski definition) is 0. The largest absolute Gasteiger partial charge is 0.422 e. The van der Waals surface area contributed by atoms with Crippen LogP contribution >= 0.6 is 15.9 Å². The minimum Gasteiger partial charge on any atom is -0.422 e. The van der Waals surface area contributed by atoms with Crippen LogP contribution < -0.4 is 5.63 Å². The van der Waals surface area contributed by atoms with Gasteiger partial charge in [-0.15, -0.1) is 0 Å². The molecule has 5 heteroatoms. The summed E-state index contributed by atoms with van der Waals surface area (Å²) in [4.78, 5) is 21.2. The molecular weight excluding hydrogens is 356 g/mol. The first-order valence-corrected chi connectivity index (χ1v) is 7.87. The van der Waals surface area contributed by atoms with Crippen molar-refractivity contribution in [2.75, 3.05) is 0 Å². The maximum atomic E-state index is 12.3. The summed E-state index contributed by atoms with van der Waals surface area (Å²) < 4.78 is 6.31. The van der Waals surface area contributed by atoms with Crippen molar-refractivity contribution in [3.8, 4) is 11.3 Å². The van der Waals surface area contributed by atoms with Gasteiger partial charge in [0.25, 0.3) is 0 Å². The Bertz CT molecular complexity index is 1120. The van der Waals surface area contributed by atoms with Crippen LogP contribution in [0, 0.1) is 6.92 Å². The van der Waals surface area contributed by atoms with E-state index in [0.717, 1.165) is 26.5 Å². The Morgan fingerprint density at radius 1 is 1.04 bits per heavy atom. The van der Waals surface area contributed by atoms with Gasteiger partial charge in [-0.2, -0.15) is 0 Å². The maximum Gasteiger partial charge on any atom is 0.345 e. The van der Waals surface area contributed by atoms with Gasteiger partial charge in [-0.1, -0.05) is 22.0 Å². The SMILES string of the molecule is Cc1ccc2nc(-c3cc4cc(Br)ccc4oc3=O)cnc2c1. The predicted molar refractivity (Wildman–Crippen MR) is 93.5 cm³/mol. The first-order valence-electron chi connectivity index (χ1n) is 7.07. The Balaban J connectivity index is 1.95. The average Bonchev–Trinajstić information content (AvgIpc) is 2.54. The lowest BCUT2D eigenvalue weighted by atomic mass is 10.1. The zero-order valence-corrected chi connectivity index (χ0v) is 13.8. The zero-order chi connectivity index (χ0) is 16.0. The van der Waals surface area contributed by atoms with Gasteiger partial charge in [0.15, 0.2) is 0 Å². The minimum atomic E-state index is -0.416. The molecule has 2 aromatic carbocycles. The number of aromatic nitrogens is 2. The van der Waals surface area contributed by atoms with Crippen LogP contribution in [0.3, 0.4) is 0 Å². The molecule has 0 N–H and O–H groups in total. The average molecular weight is 367 g/mol. The Kier molecular flexibility index (Phi) is 3.23. The number of nitrogens with zero attached hydrogens (tertiary/aromatic N) is 2. The maximum absolute atomic E-state index is 12.3. The number of hydrogen-bond acceptors (Lipinski definition) is 4. The van der Waals surface area contributed by atoms with Crippen LogP contribution in [0.4, 0.5) is 0 Å². The van der Waals surface area contributed by atoms with Gasteiger partial charge >= 0.3 is 5.63 Å². The van der Waals surface area contributed by atoms with E-state index in [2.05, 4.69) is 25.9 Å². The summed E-state index contributed by atoms with van der Waals surface area (Å²) in [6.45, 7) is 2.00. The molecule has 4 aromatic rings. The number of fused-ring (bicyclic) bond motifs is 2. The van der Waals surface area contributed by atoms with Crippen molar-refractivity contribution in [3.63, 3.8) is 0 Å². The summed E-state index contributed by atoms with van der Waals surface area (Å²) in [5.74, 6) is 0. The topological polar surface area (TPSA) is 56.0 Å². The first kappa shape index (κ1) is 14.1. The Morgan fingerprint density at radius 2 is 1.91 bits per heavy atom. The third-order valence-corrected chi connectivity index (χ3v) is 4.16. The summed E-state index contributed by atoms with van der Waals surface area (Å²) in [6, 6.07) is 13.1. The molecule has 112 valence electrons. The third-order valence-electron chi connectivity index (χ3n) is 3.67. The van der Waals surface area contributed by atoms with Crippen LogP contribution in [0.5, 0.6) is 0 Å². The highest BCUT2D eigenvalue weighted by Gasteiger charge is 2.11. The number of rotatable bonds is 1. The molecule has 0 radical (unpaired) electrons. The molecule has 0 saturated heterocycles. The fraction of sp³-hybridized carbons (Fsp3) is 0.0556. The van der Waals surface area contributed by atoms with Gasteiger partial charge in [0.2, 0.25) is 0 Å². The fourth-order valence-electron chi connectivity index (χ4n) is 2.52. The van der Waals surface area contributed by atoms with E-state index < -0.39 is 5.63 Å². The molecule has 0 saturated carbocycles. The van der Waals surface area contributed by atoms with Crippen molar-refractivity contribution >= 4 is 37.9 Å². The highest BCUT2D eigenvalue weighted by molar-refractivity contribution is 9.10. The van der Waals surface area contributed by atoms with Crippen LogP contribution in [0.1, 0.15) is 5.56 Å². The van der Waals surface area contributed by atoms with Crippen molar-refractivity contribution in [2.24, 2.45) is 0 Å². The van der Waals surface area contributed by atoms with Crippen LogP contribution in [-0.4, -0.2) is 9.97 Å². The van der Waals surface area contributed by atoms with Crippen LogP contribution in [-0.2, 0) is 0 Å². The van der Waals surface area contributed by atoms with Gasteiger partial charge < -0.3 is 4.42 Å². The molecule has 0 fully saturated rings. The summed E-state index contributed by atoms with van der Waals surface area (Å²) >= 11 is 3.42. The fourth-order valence-corrected chi connectivity index (χ4v) is 2.90. The molecule has 0 aliphatic carbocycles.